The van der Waals surface area contributed by atoms with Crippen molar-refractivity contribution < 1.29 is 0 Å². The Labute approximate surface area is 142 Å². The number of benzene rings is 2. The molecule has 3 rings (SSSR count). The van der Waals surface area contributed by atoms with Crippen molar-refractivity contribution in [2.24, 2.45) is 0 Å². The van der Waals surface area contributed by atoms with Crippen LogP contribution >= 0.6 is 11.6 Å². The van der Waals surface area contributed by atoms with E-state index in [1.807, 2.05) is 18.2 Å². The standard InChI is InChI=1S/C19H20ClN3/c1-14-4-2-3-5-16(14)13-23(18-8-9-22-12-18)17-7-6-15(11-21)19(20)10-17/h2-7,10,18,22H,8-9,12-13H2,1H3/t18-/m0/s1. The monoisotopic (exact) mass is 325 g/mol. The summed E-state index contributed by atoms with van der Waals surface area (Å²) in [6, 6.07) is 16.8. The predicted molar refractivity (Wildman–Crippen MR) is 94.8 cm³/mol. The van der Waals surface area contributed by atoms with E-state index < -0.39 is 0 Å². The maximum Gasteiger partial charge on any atom is 0.101 e. The highest BCUT2D eigenvalue weighted by atomic mass is 35.5. The molecule has 1 atom stereocenters. The fourth-order valence-electron chi connectivity index (χ4n) is 3.08. The highest BCUT2D eigenvalue weighted by Crippen LogP contribution is 2.28. The minimum atomic E-state index is 0.443. The average molecular weight is 326 g/mol. The van der Waals surface area contributed by atoms with Crippen LogP contribution in [0.2, 0.25) is 5.02 Å². The Hall–Kier alpha value is -2.02. The van der Waals surface area contributed by atoms with Gasteiger partial charge < -0.3 is 10.2 Å². The molecular formula is C19H20ClN3. The molecule has 2 aromatic carbocycles. The third-order valence-corrected chi connectivity index (χ3v) is 4.79. The van der Waals surface area contributed by atoms with Crippen LogP contribution in [-0.2, 0) is 6.54 Å². The van der Waals surface area contributed by atoms with Crippen LogP contribution in [0.5, 0.6) is 0 Å². The summed E-state index contributed by atoms with van der Waals surface area (Å²) in [6.45, 7) is 5.01. The van der Waals surface area contributed by atoms with E-state index in [4.69, 9.17) is 16.9 Å². The molecule has 1 N–H and O–H groups in total. The number of nitrogens with zero attached hydrogens (tertiary/aromatic N) is 2. The summed E-state index contributed by atoms with van der Waals surface area (Å²) in [6.07, 6.45) is 1.11. The summed E-state index contributed by atoms with van der Waals surface area (Å²) in [5.41, 5.74) is 4.21. The van der Waals surface area contributed by atoms with Crippen molar-refractivity contribution in [1.82, 2.24) is 5.32 Å². The lowest BCUT2D eigenvalue weighted by molar-refractivity contribution is 0.630. The van der Waals surface area contributed by atoms with Crippen molar-refractivity contribution >= 4 is 17.3 Å². The van der Waals surface area contributed by atoms with Gasteiger partial charge in [0.2, 0.25) is 0 Å². The van der Waals surface area contributed by atoms with Gasteiger partial charge >= 0.3 is 0 Å². The summed E-state index contributed by atoms with van der Waals surface area (Å²) in [7, 11) is 0. The molecule has 4 heteroatoms. The second-order valence-corrected chi connectivity index (χ2v) is 6.38. The molecule has 1 saturated heterocycles. The van der Waals surface area contributed by atoms with Crippen LogP contribution in [0.15, 0.2) is 42.5 Å². The van der Waals surface area contributed by atoms with Crippen LogP contribution in [0.3, 0.4) is 0 Å². The normalized spacial score (nSPS) is 17.0. The Bertz CT molecular complexity index is 730. The molecule has 0 amide bonds. The minimum absolute atomic E-state index is 0.443. The van der Waals surface area contributed by atoms with Crippen molar-refractivity contribution in [2.75, 3.05) is 18.0 Å². The smallest absolute Gasteiger partial charge is 0.101 e. The predicted octanol–water partition coefficient (Wildman–Crippen LogP) is 3.89. The van der Waals surface area contributed by atoms with E-state index in [1.165, 1.54) is 11.1 Å². The van der Waals surface area contributed by atoms with Crippen molar-refractivity contribution in [3.05, 3.63) is 64.2 Å². The van der Waals surface area contributed by atoms with Gasteiger partial charge in [-0.05, 0) is 49.2 Å². The van der Waals surface area contributed by atoms with Crippen LogP contribution in [0.4, 0.5) is 5.69 Å². The molecular weight excluding hydrogens is 306 g/mol. The number of anilines is 1. The Balaban J connectivity index is 1.94. The van der Waals surface area contributed by atoms with E-state index in [0.717, 1.165) is 31.7 Å². The van der Waals surface area contributed by atoms with Crippen LogP contribution in [-0.4, -0.2) is 19.1 Å². The maximum atomic E-state index is 9.07. The number of halogens is 1. The van der Waals surface area contributed by atoms with E-state index in [9.17, 15) is 0 Å². The SMILES string of the molecule is Cc1ccccc1CN(c1ccc(C#N)c(Cl)c1)[C@H]1CCNC1. The largest absolute Gasteiger partial charge is 0.363 e. The number of rotatable bonds is 4. The average Bonchev–Trinajstić information content (AvgIpc) is 3.08. The minimum Gasteiger partial charge on any atom is -0.363 e. The summed E-state index contributed by atoms with van der Waals surface area (Å²) < 4.78 is 0. The first-order valence-electron chi connectivity index (χ1n) is 7.90. The van der Waals surface area contributed by atoms with Crippen molar-refractivity contribution in [1.29, 1.82) is 5.26 Å². The molecule has 0 bridgehead atoms. The molecule has 1 aliphatic heterocycles. The van der Waals surface area contributed by atoms with E-state index >= 15 is 0 Å². The molecule has 0 unspecified atom stereocenters. The molecule has 0 radical (unpaired) electrons. The molecule has 23 heavy (non-hydrogen) atoms. The summed E-state index contributed by atoms with van der Waals surface area (Å²) in [5, 5.41) is 13.0. The fourth-order valence-corrected chi connectivity index (χ4v) is 3.30. The Morgan fingerprint density at radius 3 is 2.78 bits per heavy atom. The van der Waals surface area contributed by atoms with Gasteiger partial charge in [-0.1, -0.05) is 35.9 Å². The lowest BCUT2D eigenvalue weighted by Crippen LogP contribution is -2.36. The molecule has 1 heterocycles. The van der Waals surface area contributed by atoms with Gasteiger partial charge in [0, 0.05) is 24.8 Å². The molecule has 3 nitrogen and oxygen atoms in total. The van der Waals surface area contributed by atoms with E-state index in [2.05, 4.69) is 47.5 Å². The first-order valence-corrected chi connectivity index (χ1v) is 8.28. The maximum absolute atomic E-state index is 9.07. The topological polar surface area (TPSA) is 39.1 Å². The Kier molecular flexibility index (Phi) is 4.85. The van der Waals surface area contributed by atoms with Gasteiger partial charge in [-0.2, -0.15) is 5.26 Å². The molecule has 0 saturated carbocycles. The van der Waals surface area contributed by atoms with Crippen LogP contribution in [0.1, 0.15) is 23.1 Å². The molecule has 118 valence electrons. The number of nitrogens with one attached hydrogen (secondary N) is 1. The number of aryl methyl sites for hydroxylation is 1. The third kappa shape index (κ3) is 3.50. The van der Waals surface area contributed by atoms with Gasteiger partial charge in [-0.3, -0.25) is 0 Å². The zero-order chi connectivity index (χ0) is 16.2. The highest BCUT2D eigenvalue weighted by molar-refractivity contribution is 6.32. The van der Waals surface area contributed by atoms with E-state index in [0.29, 0.717) is 16.6 Å². The second kappa shape index (κ2) is 7.04. The van der Waals surface area contributed by atoms with Gasteiger partial charge in [0.25, 0.3) is 0 Å². The molecule has 1 fully saturated rings. The lowest BCUT2D eigenvalue weighted by atomic mass is 10.1. The number of hydrogen-bond acceptors (Lipinski definition) is 3. The van der Waals surface area contributed by atoms with Gasteiger partial charge in [0.15, 0.2) is 0 Å². The molecule has 1 aliphatic rings. The van der Waals surface area contributed by atoms with Gasteiger partial charge in [-0.25, -0.2) is 0 Å². The first kappa shape index (κ1) is 15.9. The molecule has 0 spiro atoms. The quantitative estimate of drug-likeness (QED) is 0.927. The fraction of sp³-hybridized carbons (Fsp3) is 0.316. The van der Waals surface area contributed by atoms with E-state index in [-0.39, 0.29) is 0 Å². The number of nitriles is 1. The Morgan fingerprint density at radius 1 is 1.30 bits per heavy atom. The molecule has 0 aliphatic carbocycles. The van der Waals surface area contributed by atoms with Crippen molar-refractivity contribution in [3.8, 4) is 6.07 Å². The molecule has 2 aromatic rings. The highest BCUT2D eigenvalue weighted by Gasteiger charge is 2.23. The van der Waals surface area contributed by atoms with Crippen LogP contribution in [0, 0.1) is 18.3 Å². The van der Waals surface area contributed by atoms with Crippen LogP contribution in [0.25, 0.3) is 0 Å². The Morgan fingerprint density at radius 2 is 2.13 bits per heavy atom. The summed E-state index contributed by atoms with van der Waals surface area (Å²) in [5.74, 6) is 0. The van der Waals surface area contributed by atoms with Gasteiger partial charge in [0.05, 0.1) is 10.6 Å². The third-order valence-electron chi connectivity index (χ3n) is 4.48. The van der Waals surface area contributed by atoms with Crippen molar-refractivity contribution in [2.45, 2.75) is 25.9 Å². The molecule has 0 aromatic heterocycles. The second-order valence-electron chi connectivity index (χ2n) is 5.98. The first-order chi connectivity index (χ1) is 11.2. The lowest BCUT2D eigenvalue weighted by Gasteiger charge is -2.31. The van der Waals surface area contributed by atoms with Crippen molar-refractivity contribution in [3.63, 3.8) is 0 Å². The zero-order valence-electron chi connectivity index (χ0n) is 13.2. The van der Waals surface area contributed by atoms with Gasteiger partial charge in [0.1, 0.15) is 6.07 Å². The van der Waals surface area contributed by atoms with E-state index in [1.54, 1.807) is 0 Å². The zero-order valence-corrected chi connectivity index (χ0v) is 14.0. The summed E-state index contributed by atoms with van der Waals surface area (Å²) in [4.78, 5) is 2.40. The van der Waals surface area contributed by atoms with Crippen LogP contribution < -0.4 is 10.2 Å². The summed E-state index contributed by atoms with van der Waals surface area (Å²) >= 11 is 6.25. The number of hydrogen-bond donors (Lipinski definition) is 1. The van der Waals surface area contributed by atoms with Gasteiger partial charge in [-0.15, -0.1) is 0 Å².